The summed E-state index contributed by atoms with van der Waals surface area (Å²) in [6.45, 7) is 2.30. The van der Waals surface area contributed by atoms with E-state index in [1.807, 2.05) is 12.1 Å². The minimum absolute atomic E-state index is 0.0403. The van der Waals surface area contributed by atoms with Gasteiger partial charge in [0, 0.05) is 35.7 Å². The third-order valence-electron chi connectivity index (χ3n) is 3.18. The second-order valence-electron chi connectivity index (χ2n) is 4.29. The van der Waals surface area contributed by atoms with E-state index in [9.17, 15) is 4.79 Å². The highest BCUT2D eigenvalue weighted by Gasteiger charge is 2.12. The van der Waals surface area contributed by atoms with Crippen molar-refractivity contribution in [3.8, 4) is 0 Å². The average Bonchev–Trinajstić information content (AvgIpc) is 2.82. The molecule has 0 bridgehead atoms. The standard InChI is InChI=1S/C13H14N2O/c16-13-6-3-10-9-11(4-5-12(10)14-13)15-7-1-2-8-15/h3-6,9H,1-2,7-8H2,(H,14,16). The highest BCUT2D eigenvalue weighted by atomic mass is 16.1. The SMILES string of the molecule is O=c1ccc2cc(N3CCCC3)ccc2[nH]1. The van der Waals surface area contributed by atoms with Crippen LogP contribution < -0.4 is 10.5 Å². The lowest BCUT2D eigenvalue weighted by atomic mass is 10.2. The summed E-state index contributed by atoms with van der Waals surface area (Å²) in [5.74, 6) is 0. The summed E-state index contributed by atoms with van der Waals surface area (Å²) < 4.78 is 0. The number of benzene rings is 1. The molecule has 1 saturated heterocycles. The molecular weight excluding hydrogens is 200 g/mol. The first kappa shape index (κ1) is 9.46. The molecule has 1 aromatic heterocycles. The molecule has 0 aliphatic carbocycles. The Bertz CT molecular complexity index is 567. The second kappa shape index (κ2) is 3.67. The summed E-state index contributed by atoms with van der Waals surface area (Å²) in [7, 11) is 0. The quantitative estimate of drug-likeness (QED) is 0.789. The van der Waals surface area contributed by atoms with Crippen LogP contribution in [-0.2, 0) is 0 Å². The van der Waals surface area contributed by atoms with Gasteiger partial charge in [-0.25, -0.2) is 0 Å². The van der Waals surface area contributed by atoms with Crippen LogP contribution in [0, 0.1) is 0 Å². The van der Waals surface area contributed by atoms with Gasteiger partial charge >= 0.3 is 0 Å². The van der Waals surface area contributed by atoms with Crippen LogP contribution in [0.15, 0.2) is 35.1 Å². The summed E-state index contributed by atoms with van der Waals surface area (Å²) in [4.78, 5) is 16.4. The molecule has 2 heterocycles. The van der Waals surface area contributed by atoms with Crippen molar-refractivity contribution in [3.05, 3.63) is 40.7 Å². The summed E-state index contributed by atoms with van der Waals surface area (Å²) in [5.41, 5.74) is 2.13. The lowest BCUT2D eigenvalue weighted by Gasteiger charge is -2.17. The Labute approximate surface area is 93.7 Å². The average molecular weight is 214 g/mol. The Hall–Kier alpha value is -1.77. The van der Waals surface area contributed by atoms with Crippen LogP contribution in [0.2, 0.25) is 0 Å². The number of fused-ring (bicyclic) bond motifs is 1. The van der Waals surface area contributed by atoms with Crippen molar-refractivity contribution in [1.82, 2.24) is 4.98 Å². The van der Waals surface area contributed by atoms with Gasteiger partial charge in [-0.2, -0.15) is 0 Å². The number of aromatic nitrogens is 1. The van der Waals surface area contributed by atoms with E-state index >= 15 is 0 Å². The van der Waals surface area contributed by atoms with E-state index in [0.717, 1.165) is 24.0 Å². The number of H-pyrrole nitrogens is 1. The first-order valence-corrected chi connectivity index (χ1v) is 5.71. The van der Waals surface area contributed by atoms with Gasteiger partial charge in [0.15, 0.2) is 0 Å². The molecule has 82 valence electrons. The minimum Gasteiger partial charge on any atom is -0.372 e. The van der Waals surface area contributed by atoms with Gasteiger partial charge in [0.1, 0.15) is 0 Å². The lowest BCUT2D eigenvalue weighted by Crippen LogP contribution is -2.17. The van der Waals surface area contributed by atoms with Crippen molar-refractivity contribution in [1.29, 1.82) is 0 Å². The number of nitrogens with one attached hydrogen (secondary N) is 1. The molecule has 16 heavy (non-hydrogen) atoms. The monoisotopic (exact) mass is 214 g/mol. The fourth-order valence-corrected chi connectivity index (χ4v) is 2.31. The predicted octanol–water partition coefficient (Wildman–Crippen LogP) is 2.13. The molecule has 1 aromatic carbocycles. The van der Waals surface area contributed by atoms with Crippen LogP contribution in [0.25, 0.3) is 10.9 Å². The van der Waals surface area contributed by atoms with Gasteiger partial charge in [-0.1, -0.05) is 0 Å². The highest BCUT2D eigenvalue weighted by Crippen LogP contribution is 2.23. The normalized spacial score (nSPS) is 15.9. The summed E-state index contributed by atoms with van der Waals surface area (Å²) >= 11 is 0. The van der Waals surface area contributed by atoms with Crippen LogP contribution in [0.5, 0.6) is 0 Å². The predicted molar refractivity (Wildman–Crippen MR) is 66.0 cm³/mol. The molecule has 0 atom stereocenters. The maximum Gasteiger partial charge on any atom is 0.248 e. The number of hydrogen-bond donors (Lipinski definition) is 1. The van der Waals surface area contributed by atoms with Crippen molar-refractivity contribution < 1.29 is 0 Å². The number of anilines is 1. The van der Waals surface area contributed by atoms with E-state index in [2.05, 4.69) is 22.0 Å². The Morgan fingerprint density at radius 1 is 1.06 bits per heavy atom. The zero-order valence-electron chi connectivity index (χ0n) is 9.07. The molecule has 0 radical (unpaired) electrons. The van der Waals surface area contributed by atoms with E-state index in [4.69, 9.17) is 0 Å². The molecule has 0 spiro atoms. The third-order valence-corrected chi connectivity index (χ3v) is 3.18. The maximum absolute atomic E-state index is 11.2. The molecule has 0 saturated carbocycles. The van der Waals surface area contributed by atoms with Crippen molar-refractivity contribution in [2.24, 2.45) is 0 Å². The van der Waals surface area contributed by atoms with E-state index in [-0.39, 0.29) is 5.56 Å². The second-order valence-corrected chi connectivity index (χ2v) is 4.29. The minimum atomic E-state index is -0.0403. The number of hydrogen-bond acceptors (Lipinski definition) is 2. The van der Waals surface area contributed by atoms with Crippen molar-refractivity contribution in [2.75, 3.05) is 18.0 Å². The smallest absolute Gasteiger partial charge is 0.248 e. The van der Waals surface area contributed by atoms with Crippen molar-refractivity contribution in [3.63, 3.8) is 0 Å². The topological polar surface area (TPSA) is 36.1 Å². The van der Waals surface area contributed by atoms with Gasteiger partial charge in [-0.3, -0.25) is 4.79 Å². The molecule has 0 amide bonds. The largest absolute Gasteiger partial charge is 0.372 e. The van der Waals surface area contributed by atoms with Crippen LogP contribution in [0.3, 0.4) is 0 Å². The first-order chi connectivity index (χ1) is 7.83. The van der Waals surface area contributed by atoms with Crippen LogP contribution in [-0.4, -0.2) is 18.1 Å². The van der Waals surface area contributed by atoms with Gasteiger partial charge in [-0.15, -0.1) is 0 Å². The molecular formula is C13H14N2O. The van der Waals surface area contributed by atoms with Gasteiger partial charge in [0.2, 0.25) is 5.56 Å². The van der Waals surface area contributed by atoms with Gasteiger partial charge in [0.25, 0.3) is 0 Å². The fraction of sp³-hybridized carbons (Fsp3) is 0.308. The first-order valence-electron chi connectivity index (χ1n) is 5.71. The molecule has 2 aromatic rings. The Kier molecular flexibility index (Phi) is 2.17. The fourth-order valence-electron chi connectivity index (χ4n) is 2.31. The molecule has 1 aliphatic heterocycles. The van der Waals surface area contributed by atoms with Crippen molar-refractivity contribution in [2.45, 2.75) is 12.8 Å². The molecule has 3 nitrogen and oxygen atoms in total. The summed E-state index contributed by atoms with van der Waals surface area (Å²) in [5, 5.41) is 1.10. The maximum atomic E-state index is 11.2. The summed E-state index contributed by atoms with van der Waals surface area (Å²) in [6, 6.07) is 9.69. The zero-order chi connectivity index (χ0) is 11.0. The molecule has 1 aliphatic rings. The number of aromatic amines is 1. The highest BCUT2D eigenvalue weighted by molar-refractivity contribution is 5.82. The van der Waals surface area contributed by atoms with Gasteiger partial charge in [-0.05, 0) is 37.1 Å². The molecule has 3 rings (SSSR count). The van der Waals surface area contributed by atoms with Gasteiger partial charge < -0.3 is 9.88 Å². The number of rotatable bonds is 1. The van der Waals surface area contributed by atoms with E-state index in [1.54, 1.807) is 6.07 Å². The zero-order valence-corrected chi connectivity index (χ0v) is 9.07. The van der Waals surface area contributed by atoms with Crippen molar-refractivity contribution >= 4 is 16.6 Å². The Morgan fingerprint density at radius 3 is 2.69 bits per heavy atom. The van der Waals surface area contributed by atoms with E-state index < -0.39 is 0 Å². The summed E-state index contributed by atoms with van der Waals surface area (Å²) in [6.07, 6.45) is 2.56. The van der Waals surface area contributed by atoms with Crippen LogP contribution in [0.4, 0.5) is 5.69 Å². The van der Waals surface area contributed by atoms with E-state index in [1.165, 1.54) is 18.5 Å². The molecule has 1 fully saturated rings. The Balaban J connectivity index is 2.08. The lowest BCUT2D eigenvalue weighted by molar-refractivity contribution is 0.949. The Morgan fingerprint density at radius 2 is 1.88 bits per heavy atom. The van der Waals surface area contributed by atoms with Crippen LogP contribution in [0.1, 0.15) is 12.8 Å². The molecule has 0 unspecified atom stereocenters. The van der Waals surface area contributed by atoms with Gasteiger partial charge in [0.05, 0.1) is 0 Å². The molecule has 1 N–H and O–H groups in total. The molecule has 3 heteroatoms. The van der Waals surface area contributed by atoms with Crippen LogP contribution >= 0.6 is 0 Å². The van der Waals surface area contributed by atoms with E-state index in [0.29, 0.717) is 0 Å². The number of pyridine rings is 1. The third kappa shape index (κ3) is 1.58. The number of nitrogens with zero attached hydrogens (tertiary/aromatic N) is 1.